The molecule has 1 aliphatic rings. The molecule has 0 radical (unpaired) electrons. The Morgan fingerprint density at radius 1 is 1.62 bits per heavy atom. The average Bonchev–Trinajstić information content (AvgIpc) is 2.33. The summed E-state index contributed by atoms with van der Waals surface area (Å²) in [6.07, 6.45) is 2.84. The van der Waals surface area contributed by atoms with Crippen LogP contribution in [0.1, 0.15) is 19.0 Å². The third-order valence-corrected chi connectivity index (χ3v) is 2.91. The molecule has 0 bridgehead atoms. The van der Waals surface area contributed by atoms with Gasteiger partial charge in [0.15, 0.2) is 11.4 Å². The summed E-state index contributed by atoms with van der Waals surface area (Å²) in [7, 11) is 0. The number of nitrogens with one attached hydrogen (secondary N) is 1. The second kappa shape index (κ2) is 4.95. The van der Waals surface area contributed by atoms with Crippen molar-refractivity contribution in [2.75, 3.05) is 13.1 Å². The van der Waals surface area contributed by atoms with E-state index in [1.165, 1.54) is 0 Å². The van der Waals surface area contributed by atoms with Crippen molar-refractivity contribution in [3.63, 3.8) is 0 Å². The SMILES string of the molecule is CC1CCNCC1Oc1cccnc1C#N. The molecule has 2 rings (SSSR count). The number of aromatic nitrogens is 1. The van der Waals surface area contributed by atoms with Gasteiger partial charge in [-0.15, -0.1) is 0 Å². The van der Waals surface area contributed by atoms with E-state index in [-0.39, 0.29) is 6.10 Å². The Morgan fingerprint density at radius 3 is 3.25 bits per heavy atom. The van der Waals surface area contributed by atoms with Crippen LogP contribution in [0.2, 0.25) is 0 Å². The van der Waals surface area contributed by atoms with Crippen molar-refractivity contribution in [1.29, 1.82) is 5.26 Å². The molecule has 4 heteroatoms. The highest BCUT2D eigenvalue weighted by molar-refractivity contribution is 5.36. The molecular weight excluding hydrogens is 202 g/mol. The number of rotatable bonds is 2. The molecule has 0 aromatic carbocycles. The lowest BCUT2D eigenvalue weighted by atomic mass is 9.97. The fourth-order valence-corrected chi connectivity index (χ4v) is 1.85. The highest BCUT2D eigenvalue weighted by Gasteiger charge is 2.23. The lowest BCUT2D eigenvalue weighted by Gasteiger charge is -2.30. The summed E-state index contributed by atoms with van der Waals surface area (Å²) >= 11 is 0. The van der Waals surface area contributed by atoms with Gasteiger partial charge >= 0.3 is 0 Å². The minimum Gasteiger partial charge on any atom is -0.486 e. The topological polar surface area (TPSA) is 57.9 Å². The van der Waals surface area contributed by atoms with Gasteiger partial charge in [-0.1, -0.05) is 6.92 Å². The number of nitriles is 1. The van der Waals surface area contributed by atoms with Crippen LogP contribution in [0.25, 0.3) is 0 Å². The molecule has 2 unspecified atom stereocenters. The summed E-state index contributed by atoms with van der Waals surface area (Å²) in [5.74, 6) is 1.10. The second-order valence-electron chi connectivity index (χ2n) is 4.09. The third kappa shape index (κ3) is 2.31. The number of hydrogen-bond donors (Lipinski definition) is 1. The first kappa shape index (κ1) is 10.9. The van der Waals surface area contributed by atoms with E-state index in [9.17, 15) is 0 Å². The molecule has 1 aliphatic heterocycles. The van der Waals surface area contributed by atoms with Crippen LogP contribution in [0, 0.1) is 17.2 Å². The minimum absolute atomic E-state index is 0.130. The predicted molar refractivity (Wildman–Crippen MR) is 60.0 cm³/mol. The molecule has 0 saturated carbocycles. The monoisotopic (exact) mass is 217 g/mol. The quantitative estimate of drug-likeness (QED) is 0.812. The van der Waals surface area contributed by atoms with Crippen LogP contribution >= 0.6 is 0 Å². The van der Waals surface area contributed by atoms with E-state index in [1.54, 1.807) is 18.3 Å². The maximum atomic E-state index is 8.91. The number of pyridine rings is 1. The van der Waals surface area contributed by atoms with Gasteiger partial charge in [0.05, 0.1) is 0 Å². The fourth-order valence-electron chi connectivity index (χ4n) is 1.85. The van der Waals surface area contributed by atoms with E-state index < -0.39 is 0 Å². The minimum atomic E-state index is 0.130. The fraction of sp³-hybridized carbons (Fsp3) is 0.500. The van der Waals surface area contributed by atoms with E-state index in [1.807, 2.05) is 6.07 Å². The molecule has 84 valence electrons. The Bertz CT molecular complexity index is 399. The van der Waals surface area contributed by atoms with E-state index in [2.05, 4.69) is 17.2 Å². The number of nitrogens with zero attached hydrogens (tertiary/aromatic N) is 2. The third-order valence-electron chi connectivity index (χ3n) is 2.91. The molecule has 2 atom stereocenters. The van der Waals surface area contributed by atoms with Crippen LogP contribution in [0.5, 0.6) is 5.75 Å². The first-order chi connectivity index (χ1) is 7.81. The summed E-state index contributed by atoms with van der Waals surface area (Å²) < 4.78 is 5.84. The van der Waals surface area contributed by atoms with Gasteiger partial charge in [0.1, 0.15) is 12.2 Å². The number of piperidine rings is 1. The maximum absolute atomic E-state index is 8.91. The Morgan fingerprint density at radius 2 is 2.50 bits per heavy atom. The molecule has 2 heterocycles. The zero-order valence-electron chi connectivity index (χ0n) is 9.31. The molecule has 1 aromatic rings. The van der Waals surface area contributed by atoms with Crippen molar-refractivity contribution >= 4 is 0 Å². The number of hydrogen-bond acceptors (Lipinski definition) is 4. The molecule has 0 aliphatic carbocycles. The summed E-state index contributed by atoms with van der Waals surface area (Å²) in [6.45, 7) is 4.05. The highest BCUT2D eigenvalue weighted by Crippen LogP contribution is 2.21. The van der Waals surface area contributed by atoms with Crippen molar-refractivity contribution < 1.29 is 4.74 Å². The van der Waals surface area contributed by atoms with E-state index in [0.29, 0.717) is 17.4 Å². The molecule has 1 aromatic heterocycles. The molecule has 0 spiro atoms. The first-order valence-electron chi connectivity index (χ1n) is 5.53. The Labute approximate surface area is 95.3 Å². The average molecular weight is 217 g/mol. The van der Waals surface area contributed by atoms with Crippen LogP contribution < -0.4 is 10.1 Å². The lowest BCUT2D eigenvalue weighted by molar-refractivity contribution is 0.114. The molecule has 1 N–H and O–H groups in total. The maximum Gasteiger partial charge on any atom is 0.182 e. The predicted octanol–water partition coefficient (Wildman–Crippen LogP) is 1.33. The van der Waals surface area contributed by atoms with E-state index >= 15 is 0 Å². The first-order valence-corrected chi connectivity index (χ1v) is 5.53. The lowest BCUT2D eigenvalue weighted by Crippen LogP contribution is -2.42. The van der Waals surface area contributed by atoms with Gasteiger partial charge < -0.3 is 10.1 Å². The largest absolute Gasteiger partial charge is 0.486 e. The van der Waals surface area contributed by atoms with Gasteiger partial charge in [-0.2, -0.15) is 5.26 Å². The van der Waals surface area contributed by atoms with Crippen LogP contribution in [0.3, 0.4) is 0 Å². The second-order valence-corrected chi connectivity index (χ2v) is 4.09. The molecule has 16 heavy (non-hydrogen) atoms. The van der Waals surface area contributed by atoms with E-state index in [4.69, 9.17) is 10.00 Å². The molecular formula is C12H15N3O. The van der Waals surface area contributed by atoms with Crippen LogP contribution in [0.15, 0.2) is 18.3 Å². The van der Waals surface area contributed by atoms with Crippen LogP contribution in [-0.4, -0.2) is 24.2 Å². The van der Waals surface area contributed by atoms with Gasteiger partial charge in [-0.25, -0.2) is 4.98 Å². The highest BCUT2D eigenvalue weighted by atomic mass is 16.5. The summed E-state index contributed by atoms with van der Waals surface area (Å²) in [5, 5.41) is 12.2. The standard InChI is InChI=1S/C12H15N3O/c1-9-4-6-14-8-12(9)16-11-3-2-5-15-10(11)7-13/h2-3,5,9,12,14H,4,6,8H2,1H3. The normalized spacial score (nSPS) is 24.8. The summed E-state index contributed by atoms with van der Waals surface area (Å²) in [4.78, 5) is 3.98. The number of ether oxygens (including phenoxy) is 1. The molecule has 4 nitrogen and oxygen atoms in total. The van der Waals surface area contributed by atoms with Crippen molar-refractivity contribution in [3.05, 3.63) is 24.0 Å². The summed E-state index contributed by atoms with van der Waals surface area (Å²) in [6, 6.07) is 5.63. The van der Waals surface area contributed by atoms with Gasteiger partial charge in [-0.3, -0.25) is 0 Å². The molecule has 0 amide bonds. The van der Waals surface area contributed by atoms with Crippen molar-refractivity contribution in [2.24, 2.45) is 5.92 Å². The van der Waals surface area contributed by atoms with E-state index in [0.717, 1.165) is 19.5 Å². The van der Waals surface area contributed by atoms with Crippen LogP contribution in [-0.2, 0) is 0 Å². The zero-order valence-corrected chi connectivity index (χ0v) is 9.31. The Kier molecular flexibility index (Phi) is 3.37. The van der Waals surface area contributed by atoms with Gasteiger partial charge in [-0.05, 0) is 31.0 Å². The van der Waals surface area contributed by atoms with Crippen molar-refractivity contribution in [3.8, 4) is 11.8 Å². The Hall–Kier alpha value is -1.60. The van der Waals surface area contributed by atoms with Crippen molar-refractivity contribution in [2.45, 2.75) is 19.4 Å². The van der Waals surface area contributed by atoms with Crippen LogP contribution in [0.4, 0.5) is 0 Å². The van der Waals surface area contributed by atoms with Gasteiger partial charge in [0.25, 0.3) is 0 Å². The summed E-state index contributed by atoms with van der Waals surface area (Å²) in [5.41, 5.74) is 0.361. The van der Waals surface area contributed by atoms with Gasteiger partial charge in [0, 0.05) is 12.7 Å². The molecule has 1 saturated heterocycles. The van der Waals surface area contributed by atoms with Gasteiger partial charge in [0.2, 0.25) is 0 Å². The van der Waals surface area contributed by atoms with Crippen molar-refractivity contribution in [1.82, 2.24) is 10.3 Å². The molecule has 1 fully saturated rings. The Balaban J connectivity index is 2.11. The smallest absolute Gasteiger partial charge is 0.182 e. The zero-order chi connectivity index (χ0) is 11.4.